The summed E-state index contributed by atoms with van der Waals surface area (Å²) < 4.78 is 10.4. The Balaban J connectivity index is 2.31. The summed E-state index contributed by atoms with van der Waals surface area (Å²) in [6.07, 6.45) is -0.470. The van der Waals surface area contributed by atoms with Gasteiger partial charge in [0, 0.05) is 17.6 Å². The summed E-state index contributed by atoms with van der Waals surface area (Å²) in [5.74, 6) is 0.504. The van der Waals surface area contributed by atoms with Gasteiger partial charge in [0.25, 0.3) is 5.91 Å². The van der Waals surface area contributed by atoms with E-state index in [1.807, 2.05) is 27.7 Å². The highest BCUT2D eigenvalue weighted by atomic mass is 16.6. The number of carbonyl (C=O) groups is 2. The maximum absolute atomic E-state index is 11.6. The fourth-order valence-corrected chi connectivity index (χ4v) is 1.60. The average molecular weight is 308 g/mol. The van der Waals surface area contributed by atoms with Crippen LogP contribution in [-0.4, -0.2) is 37.3 Å². The van der Waals surface area contributed by atoms with E-state index >= 15 is 0 Å². The molecule has 6 heteroatoms. The summed E-state index contributed by atoms with van der Waals surface area (Å²) in [5.41, 5.74) is 0.252. The summed E-state index contributed by atoms with van der Waals surface area (Å²) in [4.78, 5) is 23.0. The topological polar surface area (TPSA) is 76.7 Å². The van der Waals surface area contributed by atoms with Crippen LogP contribution >= 0.6 is 0 Å². The molecule has 0 saturated carbocycles. The van der Waals surface area contributed by atoms with Crippen LogP contribution in [0.4, 0.5) is 4.79 Å². The number of ether oxygens (including phenoxy) is 2. The molecule has 0 aromatic heterocycles. The molecule has 122 valence electrons. The lowest BCUT2D eigenvalue weighted by molar-refractivity contribution is 0.0955. The van der Waals surface area contributed by atoms with E-state index in [9.17, 15) is 9.59 Å². The Hall–Kier alpha value is -2.24. The second kappa shape index (κ2) is 8.26. The standard InChI is InChI=1S/C16H24N2O4/c1-5-17-14(19)12-6-8-13(9-7-12)21-10-11-22-15(20)18-16(2,3)4/h6-9H,5,10-11H2,1-4H3,(H,17,19)(H,18,20). The smallest absolute Gasteiger partial charge is 0.407 e. The van der Waals surface area contributed by atoms with Gasteiger partial charge in [-0.2, -0.15) is 0 Å². The van der Waals surface area contributed by atoms with Crippen LogP contribution in [0.5, 0.6) is 5.75 Å². The van der Waals surface area contributed by atoms with Crippen molar-refractivity contribution in [2.75, 3.05) is 19.8 Å². The molecule has 2 amide bonds. The first kappa shape index (κ1) is 17.8. The molecule has 0 atom stereocenters. The van der Waals surface area contributed by atoms with Crippen molar-refractivity contribution in [2.24, 2.45) is 0 Å². The van der Waals surface area contributed by atoms with Gasteiger partial charge in [-0.1, -0.05) is 0 Å². The van der Waals surface area contributed by atoms with Crippen LogP contribution < -0.4 is 15.4 Å². The normalized spacial score (nSPS) is 10.7. The molecule has 0 fully saturated rings. The number of alkyl carbamates (subject to hydrolysis) is 1. The van der Waals surface area contributed by atoms with E-state index in [2.05, 4.69) is 10.6 Å². The maximum Gasteiger partial charge on any atom is 0.407 e. The Morgan fingerprint density at radius 2 is 1.73 bits per heavy atom. The number of hydrogen-bond acceptors (Lipinski definition) is 4. The second-order valence-electron chi connectivity index (χ2n) is 5.74. The second-order valence-corrected chi connectivity index (χ2v) is 5.74. The number of amides is 2. The van der Waals surface area contributed by atoms with Crippen LogP contribution in [-0.2, 0) is 4.74 Å². The van der Waals surface area contributed by atoms with Crippen molar-refractivity contribution in [1.82, 2.24) is 10.6 Å². The lowest BCUT2D eigenvalue weighted by Gasteiger charge is -2.19. The molecule has 0 unspecified atom stereocenters. The minimum atomic E-state index is -0.470. The Labute approximate surface area is 131 Å². The number of benzene rings is 1. The van der Waals surface area contributed by atoms with Gasteiger partial charge in [-0.3, -0.25) is 4.79 Å². The van der Waals surface area contributed by atoms with E-state index in [0.29, 0.717) is 17.9 Å². The van der Waals surface area contributed by atoms with Crippen molar-refractivity contribution < 1.29 is 19.1 Å². The van der Waals surface area contributed by atoms with Gasteiger partial charge in [0.1, 0.15) is 19.0 Å². The Morgan fingerprint density at radius 1 is 1.09 bits per heavy atom. The zero-order valence-corrected chi connectivity index (χ0v) is 13.6. The molecule has 1 aromatic rings. The van der Waals surface area contributed by atoms with E-state index in [4.69, 9.17) is 9.47 Å². The van der Waals surface area contributed by atoms with E-state index < -0.39 is 6.09 Å². The van der Waals surface area contributed by atoms with Gasteiger partial charge in [0.2, 0.25) is 0 Å². The van der Waals surface area contributed by atoms with E-state index in [1.54, 1.807) is 24.3 Å². The Morgan fingerprint density at radius 3 is 2.27 bits per heavy atom. The molecule has 2 N–H and O–H groups in total. The van der Waals surface area contributed by atoms with Crippen molar-refractivity contribution in [3.63, 3.8) is 0 Å². The fraction of sp³-hybridized carbons (Fsp3) is 0.500. The van der Waals surface area contributed by atoms with Crippen LogP contribution in [0.1, 0.15) is 38.1 Å². The highest BCUT2D eigenvalue weighted by molar-refractivity contribution is 5.94. The van der Waals surface area contributed by atoms with Crippen molar-refractivity contribution in [2.45, 2.75) is 33.2 Å². The largest absolute Gasteiger partial charge is 0.490 e. The van der Waals surface area contributed by atoms with Crippen molar-refractivity contribution >= 4 is 12.0 Å². The van der Waals surface area contributed by atoms with Crippen LogP contribution in [0.15, 0.2) is 24.3 Å². The number of nitrogens with one attached hydrogen (secondary N) is 2. The van der Waals surface area contributed by atoms with Gasteiger partial charge in [-0.15, -0.1) is 0 Å². The molecule has 0 radical (unpaired) electrons. The molecule has 0 spiro atoms. The lowest BCUT2D eigenvalue weighted by Crippen LogP contribution is -2.41. The monoisotopic (exact) mass is 308 g/mol. The van der Waals surface area contributed by atoms with Gasteiger partial charge in [-0.05, 0) is 52.0 Å². The van der Waals surface area contributed by atoms with Gasteiger partial charge in [0.15, 0.2) is 0 Å². The third kappa shape index (κ3) is 6.97. The van der Waals surface area contributed by atoms with Crippen LogP contribution in [0.25, 0.3) is 0 Å². The summed E-state index contributed by atoms with van der Waals surface area (Å²) in [6, 6.07) is 6.79. The quantitative estimate of drug-likeness (QED) is 0.791. The van der Waals surface area contributed by atoms with Crippen LogP contribution in [0.2, 0.25) is 0 Å². The minimum absolute atomic E-state index is 0.115. The molecule has 6 nitrogen and oxygen atoms in total. The molecule has 1 rings (SSSR count). The predicted octanol–water partition coefficient (Wildman–Crippen LogP) is 2.34. The molecule has 1 aromatic carbocycles. The van der Waals surface area contributed by atoms with Gasteiger partial charge in [0.05, 0.1) is 0 Å². The van der Waals surface area contributed by atoms with Gasteiger partial charge in [-0.25, -0.2) is 4.79 Å². The van der Waals surface area contributed by atoms with E-state index in [0.717, 1.165) is 0 Å². The van der Waals surface area contributed by atoms with Crippen molar-refractivity contribution in [3.8, 4) is 5.75 Å². The van der Waals surface area contributed by atoms with Crippen molar-refractivity contribution in [3.05, 3.63) is 29.8 Å². The van der Waals surface area contributed by atoms with Gasteiger partial charge < -0.3 is 20.1 Å². The molecular formula is C16H24N2O4. The highest BCUT2D eigenvalue weighted by Gasteiger charge is 2.14. The first-order chi connectivity index (χ1) is 10.3. The number of rotatable bonds is 6. The molecule has 0 aliphatic carbocycles. The first-order valence-corrected chi connectivity index (χ1v) is 7.28. The summed E-state index contributed by atoms with van der Waals surface area (Å²) in [7, 11) is 0. The zero-order chi connectivity index (χ0) is 16.6. The third-order valence-corrected chi connectivity index (χ3v) is 2.52. The number of hydrogen-bond donors (Lipinski definition) is 2. The SMILES string of the molecule is CCNC(=O)c1ccc(OCCOC(=O)NC(C)(C)C)cc1. The minimum Gasteiger partial charge on any atom is -0.490 e. The van der Waals surface area contributed by atoms with E-state index in [1.165, 1.54) is 0 Å². The van der Waals surface area contributed by atoms with E-state index in [-0.39, 0.29) is 24.7 Å². The zero-order valence-electron chi connectivity index (χ0n) is 13.6. The molecule has 0 bridgehead atoms. The Kier molecular flexibility index (Phi) is 6.69. The predicted molar refractivity (Wildman–Crippen MR) is 84.2 cm³/mol. The lowest BCUT2D eigenvalue weighted by atomic mass is 10.1. The molecule has 0 saturated heterocycles. The highest BCUT2D eigenvalue weighted by Crippen LogP contribution is 2.12. The molecule has 0 heterocycles. The Bertz CT molecular complexity index is 492. The summed E-state index contributed by atoms with van der Waals surface area (Å²) >= 11 is 0. The summed E-state index contributed by atoms with van der Waals surface area (Å²) in [5, 5.41) is 5.41. The number of carbonyl (C=O) groups excluding carboxylic acids is 2. The van der Waals surface area contributed by atoms with Crippen LogP contribution in [0.3, 0.4) is 0 Å². The molecule has 0 aliphatic rings. The first-order valence-electron chi connectivity index (χ1n) is 7.28. The van der Waals surface area contributed by atoms with Crippen LogP contribution in [0, 0.1) is 0 Å². The average Bonchev–Trinajstić information content (AvgIpc) is 2.42. The maximum atomic E-state index is 11.6. The molecule has 0 aliphatic heterocycles. The molecular weight excluding hydrogens is 284 g/mol. The van der Waals surface area contributed by atoms with Gasteiger partial charge >= 0.3 is 6.09 Å². The van der Waals surface area contributed by atoms with Crippen molar-refractivity contribution in [1.29, 1.82) is 0 Å². The summed E-state index contributed by atoms with van der Waals surface area (Å²) in [6.45, 7) is 8.48. The third-order valence-electron chi connectivity index (χ3n) is 2.52. The molecule has 22 heavy (non-hydrogen) atoms. The fourth-order valence-electron chi connectivity index (χ4n) is 1.60.